The smallest absolute Gasteiger partial charge is 0.410 e. The summed E-state index contributed by atoms with van der Waals surface area (Å²) in [4.78, 5) is 14.1. The standard InChI is InChI=1S/C16H26N4O2/c1-10-11(2)18-20-13-6-7-19(15(21)22-16(3,4)5)9-12(13)8-17-14(10)20/h12-13,17H,6-9H2,1-5H3. The predicted octanol–water partition coefficient (Wildman–Crippen LogP) is 2.72. The molecule has 2 unspecified atom stereocenters. The quantitative estimate of drug-likeness (QED) is 0.800. The van der Waals surface area contributed by atoms with Gasteiger partial charge in [-0.25, -0.2) is 9.48 Å². The van der Waals surface area contributed by atoms with Crippen molar-refractivity contribution in [2.75, 3.05) is 25.0 Å². The highest BCUT2D eigenvalue weighted by Gasteiger charge is 2.38. The molecule has 122 valence electrons. The number of ether oxygens (including phenoxy) is 1. The molecule has 1 aromatic heterocycles. The zero-order valence-electron chi connectivity index (χ0n) is 14.1. The summed E-state index contributed by atoms with van der Waals surface area (Å²) in [6.45, 7) is 12.2. The lowest BCUT2D eigenvalue weighted by Gasteiger charge is -2.42. The summed E-state index contributed by atoms with van der Waals surface area (Å²) < 4.78 is 7.62. The number of carbonyl (C=O) groups excluding carboxylic acids is 1. The highest BCUT2D eigenvalue weighted by atomic mass is 16.6. The summed E-state index contributed by atoms with van der Waals surface area (Å²) in [6, 6.07) is 0.377. The van der Waals surface area contributed by atoms with Gasteiger partial charge in [-0.3, -0.25) is 0 Å². The van der Waals surface area contributed by atoms with Crippen LogP contribution in [0.2, 0.25) is 0 Å². The Morgan fingerprint density at radius 3 is 2.77 bits per heavy atom. The minimum Gasteiger partial charge on any atom is -0.444 e. The largest absolute Gasteiger partial charge is 0.444 e. The third kappa shape index (κ3) is 2.66. The van der Waals surface area contributed by atoms with E-state index in [0.717, 1.165) is 37.6 Å². The molecule has 0 aliphatic carbocycles. The zero-order chi connectivity index (χ0) is 16.1. The molecule has 3 rings (SSSR count). The molecule has 0 saturated carbocycles. The van der Waals surface area contributed by atoms with Crippen LogP contribution >= 0.6 is 0 Å². The fourth-order valence-corrected chi connectivity index (χ4v) is 3.35. The molecular formula is C16H26N4O2. The fraction of sp³-hybridized carbons (Fsp3) is 0.750. The predicted molar refractivity (Wildman–Crippen MR) is 85.1 cm³/mol. The number of nitrogens with one attached hydrogen (secondary N) is 1. The van der Waals surface area contributed by atoms with Gasteiger partial charge in [-0.2, -0.15) is 5.10 Å². The van der Waals surface area contributed by atoms with Gasteiger partial charge in [0.25, 0.3) is 0 Å². The minimum atomic E-state index is -0.442. The summed E-state index contributed by atoms with van der Waals surface area (Å²) in [6.07, 6.45) is 0.726. The Labute approximate surface area is 131 Å². The number of amides is 1. The van der Waals surface area contributed by atoms with Crippen LogP contribution in [0.1, 0.15) is 44.5 Å². The van der Waals surface area contributed by atoms with E-state index in [1.807, 2.05) is 32.6 Å². The molecule has 1 aromatic rings. The second-order valence-corrected chi connectivity index (χ2v) is 7.43. The molecule has 1 fully saturated rings. The number of anilines is 1. The summed E-state index contributed by atoms with van der Waals surface area (Å²) in [5.74, 6) is 1.52. The molecule has 0 aromatic carbocycles. The number of aromatic nitrogens is 2. The first-order chi connectivity index (χ1) is 10.3. The lowest BCUT2D eigenvalue weighted by molar-refractivity contribution is 0.0107. The van der Waals surface area contributed by atoms with E-state index in [0.29, 0.717) is 12.0 Å². The van der Waals surface area contributed by atoms with Crippen molar-refractivity contribution in [2.24, 2.45) is 5.92 Å². The first-order valence-corrected chi connectivity index (χ1v) is 8.04. The van der Waals surface area contributed by atoms with Crippen molar-refractivity contribution in [2.45, 2.75) is 52.7 Å². The average Bonchev–Trinajstić information content (AvgIpc) is 2.72. The molecule has 0 spiro atoms. The van der Waals surface area contributed by atoms with E-state index in [1.54, 1.807) is 0 Å². The minimum absolute atomic E-state index is 0.204. The van der Waals surface area contributed by atoms with E-state index in [-0.39, 0.29) is 6.09 Å². The molecule has 2 aliphatic rings. The van der Waals surface area contributed by atoms with Crippen LogP contribution in [0.5, 0.6) is 0 Å². The van der Waals surface area contributed by atoms with Crippen LogP contribution < -0.4 is 5.32 Å². The number of carbonyl (C=O) groups is 1. The van der Waals surface area contributed by atoms with Crippen molar-refractivity contribution >= 4 is 11.9 Å². The molecule has 1 saturated heterocycles. The van der Waals surface area contributed by atoms with E-state index in [9.17, 15) is 4.79 Å². The highest BCUT2D eigenvalue weighted by molar-refractivity contribution is 5.68. The molecule has 1 amide bonds. The Hall–Kier alpha value is -1.72. The summed E-state index contributed by atoms with van der Waals surface area (Å²) in [5.41, 5.74) is 1.87. The normalized spacial score (nSPS) is 24.3. The fourth-order valence-electron chi connectivity index (χ4n) is 3.35. The van der Waals surface area contributed by atoms with Crippen molar-refractivity contribution in [3.63, 3.8) is 0 Å². The maximum absolute atomic E-state index is 12.3. The Morgan fingerprint density at radius 2 is 2.09 bits per heavy atom. The molecule has 6 heteroatoms. The number of nitrogens with zero attached hydrogens (tertiary/aromatic N) is 3. The van der Waals surface area contributed by atoms with Gasteiger partial charge in [-0.05, 0) is 41.0 Å². The van der Waals surface area contributed by atoms with E-state index in [1.165, 1.54) is 5.56 Å². The average molecular weight is 306 g/mol. The molecule has 3 heterocycles. The molecule has 0 radical (unpaired) electrons. The second-order valence-electron chi connectivity index (χ2n) is 7.43. The van der Waals surface area contributed by atoms with Crippen LogP contribution in [0.25, 0.3) is 0 Å². The Bertz CT molecular complexity index is 588. The lowest BCUT2D eigenvalue weighted by atomic mass is 9.90. The van der Waals surface area contributed by atoms with Gasteiger partial charge >= 0.3 is 6.09 Å². The number of piperidine rings is 1. The number of hydrogen-bond donors (Lipinski definition) is 1. The van der Waals surface area contributed by atoms with E-state index in [4.69, 9.17) is 4.74 Å². The van der Waals surface area contributed by atoms with E-state index >= 15 is 0 Å². The molecule has 2 atom stereocenters. The second kappa shape index (κ2) is 5.18. The summed E-state index contributed by atoms with van der Waals surface area (Å²) >= 11 is 0. The van der Waals surface area contributed by atoms with Crippen LogP contribution in [0.3, 0.4) is 0 Å². The van der Waals surface area contributed by atoms with Gasteiger partial charge in [-0.15, -0.1) is 0 Å². The van der Waals surface area contributed by atoms with Crippen molar-refractivity contribution in [3.05, 3.63) is 11.3 Å². The Kier molecular flexibility index (Phi) is 3.57. The van der Waals surface area contributed by atoms with Gasteiger partial charge in [0, 0.05) is 31.1 Å². The lowest BCUT2D eigenvalue weighted by Crippen LogP contribution is -2.50. The third-order valence-electron chi connectivity index (χ3n) is 4.58. The van der Waals surface area contributed by atoms with E-state index in [2.05, 4.69) is 22.0 Å². The van der Waals surface area contributed by atoms with E-state index < -0.39 is 5.60 Å². The number of likely N-dealkylation sites (tertiary alicyclic amines) is 1. The van der Waals surface area contributed by atoms with Crippen LogP contribution in [0.15, 0.2) is 0 Å². The maximum atomic E-state index is 12.3. The monoisotopic (exact) mass is 306 g/mol. The van der Waals surface area contributed by atoms with Gasteiger partial charge in [0.05, 0.1) is 11.7 Å². The van der Waals surface area contributed by atoms with Gasteiger partial charge in [0.1, 0.15) is 11.4 Å². The number of aryl methyl sites for hydroxylation is 1. The van der Waals surface area contributed by atoms with Gasteiger partial charge in [-0.1, -0.05) is 0 Å². The molecule has 22 heavy (non-hydrogen) atoms. The summed E-state index contributed by atoms with van der Waals surface area (Å²) in [7, 11) is 0. The topological polar surface area (TPSA) is 59.4 Å². The maximum Gasteiger partial charge on any atom is 0.410 e. The SMILES string of the molecule is Cc1nn2c(c1C)NCC1CN(C(=O)OC(C)(C)C)CCC12. The van der Waals surface area contributed by atoms with Crippen molar-refractivity contribution in [1.29, 1.82) is 0 Å². The van der Waals surface area contributed by atoms with Crippen LogP contribution in [0.4, 0.5) is 10.6 Å². The first kappa shape index (κ1) is 15.2. The summed E-state index contributed by atoms with van der Waals surface area (Å²) in [5, 5.41) is 8.16. The molecule has 1 N–H and O–H groups in total. The van der Waals surface area contributed by atoms with Crippen molar-refractivity contribution in [1.82, 2.24) is 14.7 Å². The van der Waals surface area contributed by atoms with Crippen LogP contribution in [0, 0.1) is 19.8 Å². The molecule has 6 nitrogen and oxygen atoms in total. The Balaban J connectivity index is 1.73. The van der Waals surface area contributed by atoms with Gasteiger partial charge in [0.15, 0.2) is 0 Å². The van der Waals surface area contributed by atoms with Gasteiger partial charge in [0.2, 0.25) is 0 Å². The number of rotatable bonds is 0. The molecule has 2 aliphatic heterocycles. The number of fused-ring (bicyclic) bond motifs is 3. The number of hydrogen-bond acceptors (Lipinski definition) is 4. The van der Waals surface area contributed by atoms with Gasteiger partial charge < -0.3 is 15.0 Å². The van der Waals surface area contributed by atoms with Crippen molar-refractivity contribution < 1.29 is 9.53 Å². The zero-order valence-corrected chi connectivity index (χ0v) is 14.1. The Morgan fingerprint density at radius 1 is 1.36 bits per heavy atom. The molecule has 0 bridgehead atoms. The highest BCUT2D eigenvalue weighted by Crippen LogP contribution is 2.36. The van der Waals surface area contributed by atoms with Crippen LogP contribution in [-0.2, 0) is 4.74 Å². The van der Waals surface area contributed by atoms with Crippen LogP contribution in [-0.4, -0.2) is 46.0 Å². The molecular weight excluding hydrogens is 280 g/mol. The first-order valence-electron chi connectivity index (χ1n) is 8.04. The third-order valence-corrected chi connectivity index (χ3v) is 4.58. The van der Waals surface area contributed by atoms with Crippen molar-refractivity contribution in [3.8, 4) is 0 Å².